The Morgan fingerprint density at radius 2 is 1.90 bits per heavy atom. The number of ether oxygens (including phenoxy) is 1. The summed E-state index contributed by atoms with van der Waals surface area (Å²) >= 11 is 0. The molecule has 0 aromatic heterocycles. The van der Waals surface area contributed by atoms with Gasteiger partial charge in [-0.2, -0.15) is 0 Å². The van der Waals surface area contributed by atoms with Crippen LogP contribution in [0, 0.1) is 0 Å². The zero-order valence-electron chi connectivity index (χ0n) is 12.2. The van der Waals surface area contributed by atoms with E-state index in [1.54, 1.807) is 0 Å². The van der Waals surface area contributed by atoms with Gasteiger partial charge in [0, 0.05) is 12.6 Å². The van der Waals surface area contributed by atoms with Crippen molar-refractivity contribution < 1.29 is 9.53 Å². The molecule has 1 fully saturated rings. The number of carbonyl (C=O) groups is 1. The Kier molecular flexibility index (Phi) is 5.71. The topological polar surface area (TPSA) is 50.4 Å². The minimum absolute atomic E-state index is 0.0641. The maximum Gasteiger partial charge on any atom is 0.315 e. The van der Waals surface area contributed by atoms with Gasteiger partial charge in [-0.05, 0) is 37.5 Å². The maximum atomic E-state index is 11.8. The molecule has 1 aromatic rings. The molecule has 0 saturated heterocycles. The van der Waals surface area contributed by atoms with Crippen LogP contribution in [0.25, 0.3) is 0 Å². The number of amides is 2. The van der Waals surface area contributed by atoms with Crippen molar-refractivity contribution in [2.45, 2.75) is 51.6 Å². The van der Waals surface area contributed by atoms with Crippen LogP contribution in [0.3, 0.4) is 0 Å². The van der Waals surface area contributed by atoms with E-state index in [1.165, 1.54) is 19.3 Å². The second-order valence-corrected chi connectivity index (χ2v) is 5.24. The number of nitrogens with one attached hydrogen (secondary N) is 2. The Balaban J connectivity index is 1.72. The Bertz CT molecular complexity index is 411. The molecule has 20 heavy (non-hydrogen) atoms. The van der Waals surface area contributed by atoms with E-state index in [0.717, 1.165) is 24.2 Å². The molecule has 110 valence electrons. The first kappa shape index (κ1) is 14.7. The van der Waals surface area contributed by atoms with E-state index in [4.69, 9.17) is 4.74 Å². The highest BCUT2D eigenvalue weighted by atomic mass is 16.5. The summed E-state index contributed by atoms with van der Waals surface area (Å²) in [5.74, 6) is 0.864. The summed E-state index contributed by atoms with van der Waals surface area (Å²) in [6, 6.07) is 8.10. The van der Waals surface area contributed by atoms with E-state index in [2.05, 4.69) is 10.6 Å². The second kappa shape index (κ2) is 7.78. The monoisotopic (exact) mass is 276 g/mol. The summed E-state index contributed by atoms with van der Waals surface area (Å²) in [5, 5.41) is 5.95. The van der Waals surface area contributed by atoms with E-state index in [1.807, 2.05) is 31.2 Å². The fourth-order valence-corrected chi connectivity index (χ4v) is 2.54. The predicted molar refractivity (Wildman–Crippen MR) is 79.9 cm³/mol. The van der Waals surface area contributed by atoms with Gasteiger partial charge in [-0.1, -0.05) is 31.4 Å². The lowest BCUT2D eigenvalue weighted by Crippen LogP contribution is -2.42. The first-order valence-electron chi connectivity index (χ1n) is 7.54. The van der Waals surface area contributed by atoms with Gasteiger partial charge in [0.25, 0.3) is 0 Å². The van der Waals surface area contributed by atoms with E-state index in [-0.39, 0.29) is 6.03 Å². The van der Waals surface area contributed by atoms with Crippen LogP contribution in [0.4, 0.5) is 4.79 Å². The molecule has 0 unspecified atom stereocenters. The number of hydrogen-bond donors (Lipinski definition) is 2. The first-order valence-corrected chi connectivity index (χ1v) is 7.54. The van der Waals surface area contributed by atoms with Crippen molar-refractivity contribution in [3.63, 3.8) is 0 Å². The standard InChI is InChI=1S/C16H24N2O2/c1-2-20-15-10-8-13(9-11-15)12-17-16(19)18-14-6-4-3-5-7-14/h8-11,14H,2-7,12H2,1H3,(H2,17,18,19). The molecule has 2 N–H and O–H groups in total. The Labute approximate surface area is 120 Å². The number of rotatable bonds is 5. The summed E-state index contributed by atoms with van der Waals surface area (Å²) in [6.07, 6.45) is 5.96. The quantitative estimate of drug-likeness (QED) is 0.867. The van der Waals surface area contributed by atoms with Crippen LogP contribution in [-0.2, 0) is 6.54 Å². The third-order valence-electron chi connectivity index (χ3n) is 3.63. The van der Waals surface area contributed by atoms with Crippen molar-refractivity contribution in [2.24, 2.45) is 0 Å². The molecule has 0 spiro atoms. The molecule has 0 atom stereocenters. The third kappa shape index (κ3) is 4.76. The van der Waals surface area contributed by atoms with E-state index in [0.29, 0.717) is 19.2 Å². The van der Waals surface area contributed by atoms with E-state index < -0.39 is 0 Å². The van der Waals surface area contributed by atoms with Crippen molar-refractivity contribution in [1.82, 2.24) is 10.6 Å². The minimum Gasteiger partial charge on any atom is -0.494 e. The summed E-state index contributed by atoms with van der Waals surface area (Å²) in [6.45, 7) is 3.18. The molecule has 4 heteroatoms. The lowest BCUT2D eigenvalue weighted by molar-refractivity contribution is 0.232. The maximum absolute atomic E-state index is 11.8. The lowest BCUT2D eigenvalue weighted by Gasteiger charge is -2.22. The van der Waals surface area contributed by atoms with Gasteiger partial charge in [-0.15, -0.1) is 0 Å². The second-order valence-electron chi connectivity index (χ2n) is 5.24. The number of hydrogen-bond acceptors (Lipinski definition) is 2. The smallest absolute Gasteiger partial charge is 0.315 e. The largest absolute Gasteiger partial charge is 0.494 e. The van der Waals surface area contributed by atoms with Crippen LogP contribution in [-0.4, -0.2) is 18.7 Å². The molecule has 1 saturated carbocycles. The molecule has 0 bridgehead atoms. The van der Waals surface area contributed by atoms with Crippen LogP contribution in [0.15, 0.2) is 24.3 Å². The van der Waals surface area contributed by atoms with Crippen molar-refractivity contribution in [1.29, 1.82) is 0 Å². The van der Waals surface area contributed by atoms with Gasteiger partial charge in [0.2, 0.25) is 0 Å². The van der Waals surface area contributed by atoms with Crippen molar-refractivity contribution in [3.8, 4) is 5.75 Å². The Hall–Kier alpha value is -1.71. The predicted octanol–water partition coefficient (Wildman–Crippen LogP) is 3.22. The van der Waals surface area contributed by atoms with Crippen LogP contribution in [0.2, 0.25) is 0 Å². The molecule has 2 amide bonds. The summed E-state index contributed by atoms with van der Waals surface area (Å²) in [7, 11) is 0. The van der Waals surface area contributed by atoms with E-state index in [9.17, 15) is 4.79 Å². The van der Waals surface area contributed by atoms with Gasteiger partial charge >= 0.3 is 6.03 Å². The molecule has 1 aliphatic rings. The van der Waals surface area contributed by atoms with Crippen LogP contribution < -0.4 is 15.4 Å². The fraction of sp³-hybridized carbons (Fsp3) is 0.562. The molecule has 1 aliphatic carbocycles. The summed E-state index contributed by atoms with van der Waals surface area (Å²) < 4.78 is 5.39. The van der Waals surface area contributed by atoms with Crippen molar-refractivity contribution in [3.05, 3.63) is 29.8 Å². The molecule has 0 radical (unpaired) electrons. The average molecular weight is 276 g/mol. The van der Waals surface area contributed by atoms with Gasteiger partial charge in [0.05, 0.1) is 6.61 Å². The van der Waals surface area contributed by atoms with Crippen LogP contribution >= 0.6 is 0 Å². The normalized spacial score (nSPS) is 15.7. The number of urea groups is 1. The fourth-order valence-electron chi connectivity index (χ4n) is 2.54. The van der Waals surface area contributed by atoms with Crippen molar-refractivity contribution >= 4 is 6.03 Å². The molecule has 1 aromatic carbocycles. The Morgan fingerprint density at radius 3 is 2.55 bits per heavy atom. The minimum atomic E-state index is -0.0641. The highest BCUT2D eigenvalue weighted by Gasteiger charge is 2.15. The zero-order valence-corrected chi connectivity index (χ0v) is 12.2. The Morgan fingerprint density at radius 1 is 1.20 bits per heavy atom. The average Bonchev–Trinajstić information content (AvgIpc) is 2.48. The highest BCUT2D eigenvalue weighted by Crippen LogP contribution is 2.17. The zero-order chi connectivity index (χ0) is 14.2. The number of benzene rings is 1. The third-order valence-corrected chi connectivity index (χ3v) is 3.63. The van der Waals surface area contributed by atoms with Gasteiger partial charge in [0.15, 0.2) is 0 Å². The van der Waals surface area contributed by atoms with Crippen LogP contribution in [0.5, 0.6) is 5.75 Å². The molecule has 2 rings (SSSR count). The first-order chi connectivity index (χ1) is 9.78. The summed E-state index contributed by atoms with van der Waals surface area (Å²) in [4.78, 5) is 11.8. The molecular formula is C16H24N2O2. The molecular weight excluding hydrogens is 252 g/mol. The number of carbonyl (C=O) groups excluding carboxylic acids is 1. The molecule has 0 heterocycles. The van der Waals surface area contributed by atoms with Gasteiger partial charge in [0.1, 0.15) is 5.75 Å². The molecule has 0 aliphatic heterocycles. The summed E-state index contributed by atoms with van der Waals surface area (Å²) in [5.41, 5.74) is 1.08. The van der Waals surface area contributed by atoms with Crippen molar-refractivity contribution in [2.75, 3.05) is 6.61 Å². The highest BCUT2D eigenvalue weighted by molar-refractivity contribution is 5.74. The molecule has 4 nitrogen and oxygen atoms in total. The van der Waals surface area contributed by atoms with Gasteiger partial charge in [-0.25, -0.2) is 4.79 Å². The lowest BCUT2D eigenvalue weighted by atomic mass is 9.96. The van der Waals surface area contributed by atoms with Gasteiger partial charge < -0.3 is 15.4 Å². The SMILES string of the molecule is CCOc1ccc(CNC(=O)NC2CCCCC2)cc1. The van der Waals surface area contributed by atoms with Gasteiger partial charge in [-0.3, -0.25) is 0 Å². The van der Waals surface area contributed by atoms with E-state index >= 15 is 0 Å². The van der Waals surface area contributed by atoms with Crippen LogP contribution in [0.1, 0.15) is 44.6 Å².